The lowest BCUT2D eigenvalue weighted by atomic mass is 9.79. The molecule has 21 heavy (non-hydrogen) atoms. The van der Waals surface area contributed by atoms with E-state index in [9.17, 15) is 4.39 Å². The fraction of sp³-hybridized carbons (Fsp3) is 0.333. The maximum Gasteiger partial charge on any atom is 0.165 e. The van der Waals surface area contributed by atoms with Crippen LogP contribution in [-0.2, 0) is 0 Å². The molecular weight excluding hydrogens is 265 g/mol. The van der Waals surface area contributed by atoms with Gasteiger partial charge in [0.15, 0.2) is 11.6 Å². The summed E-state index contributed by atoms with van der Waals surface area (Å²) in [5.74, 6) is 0.541. The molecule has 2 aromatic rings. The first-order valence-electron chi connectivity index (χ1n) is 7.38. The van der Waals surface area contributed by atoms with Gasteiger partial charge in [0.1, 0.15) is 0 Å². The minimum absolute atomic E-state index is 0.245. The van der Waals surface area contributed by atoms with Gasteiger partial charge in [-0.05, 0) is 47.6 Å². The van der Waals surface area contributed by atoms with Gasteiger partial charge in [0.2, 0.25) is 0 Å². The van der Waals surface area contributed by atoms with E-state index in [0.29, 0.717) is 5.92 Å². The first kappa shape index (κ1) is 14.1. The van der Waals surface area contributed by atoms with Crippen molar-refractivity contribution in [1.29, 1.82) is 0 Å². The molecule has 2 aromatic carbocycles. The summed E-state index contributed by atoms with van der Waals surface area (Å²) >= 11 is 0. The van der Waals surface area contributed by atoms with E-state index in [-0.39, 0.29) is 17.6 Å². The van der Waals surface area contributed by atoms with E-state index < -0.39 is 0 Å². The van der Waals surface area contributed by atoms with Crippen LogP contribution in [0.3, 0.4) is 0 Å². The van der Waals surface area contributed by atoms with Crippen LogP contribution in [0, 0.1) is 5.82 Å². The molecule has 0 radical (unpaired) electrons. The maximum absolute atomic E-state index is 13.8. The van der Waals surface area contributed by atoms with Gasteiger partial charge in [-0.3, -0.25) is 0 Å². The summed E-state index contributed by atoms with van der Waals surface area (Å²) in [5, 5.41) is 0. The number of nitrogens with two attached hydrogens (primary N) is 1. The zero-order valence-corrected chi connectivity index (χ0v) is 12.2. The maximum atomic E-state index is 13.8. The van der Waals surface area contributed by atoms with E-state index in [2.05, 4.69) is 12.1 Å². The van der Waals surface area contributed by atoms with E-state index >= 15 is 0 Å². The summed E-state index contributed by atoms with van der Waals surface area (Å²) in [5.41, 5.74) is 9.44. The van der Waals surface area contributed by atoms with Gasteiger partial charge in [-0.15, -0.1) is 0 Å². The van der Waals surface area contributed by atoms with Crippen LogP contribution in [0.4, 0.5) is 4.39 Å². The van der Waals surface area contributed by atoms with Crippen molar-refractivity contribution in [2.75, 3.05) is 7.11 Å². The molecule has 0 saturated heterocycles. The second-order valence-electron chi connectivity index (χ2n) is 5.67. The van der Waals surface area contributed by atoms with Crippen molar-refractivity contribution in [2.45, 2.75) is 31.2 Å². The highest BCUT2D eigenvalue weighted by atomic mass is 19.1. The van der Waals surface area contributed by atoms with Crippen LogP contribution in [0.15, 0.2) is 42.5 Å². The molecule has 1 saturated carbocycles. The second-order valence-corrected chi connectivity index (χ2v) is 5.67. The molecular formula is C18H20FNO. The molecule has 1 aliphatic carbocycles. The third-order valence-electron chi connectivity index (χ3n) is 4.38. The van der Waals surface area contributed by atoms with Crippen molar-refractivity contribution in [3.05, 3.63) is 65.0 Å². The molecule has 1 fully saturated rings. The third-order valence-corrected chi connectivity index (χ3v) is 4.38. The smallest absolute Gasteiger partial charge is 0.165 e. The number of methoxy groups -OCH3 is 1. The number of ether oxygens (including phenoxy) is 1. The number of benzene rings is 2. The molecule has 3 heteroatoms. The lowest BCUT2D eigenvalue weighted by Gasteiger charge is -2.26. The Hall–Kier alpha value is -1.87. The lowest BCUT2D eigenvalue weighted by molar-refractivity contribution is 0.386. The second kappa shape index (κ2) is 5.86. The summed E-state index contributed by atoms with van der Waals surface area (Å²) in [7, 11) is 1.46. The average Bonchev–Trinajstić information content (AvgIpc) is 2.45. The SMILES string of the molecule is COc1ccc(C(N)c2cccc(C3CCC3)c2)cc1F. The first-order chi connectivity index (χ1) is 10.2. The van der Waals surface area contributed by atoms with Crippen molar-refractivity contribution in [1.82, 2.24) is 0 Å². The number of hydrogen-bond acceptors (Lipinski definition) is 2. The molecule has 0 spiro atoms. The highest BCUT2D eigenvalue weighted by molar-refractivity contribution is 5.38. The number of hydrogen-bond donors (Lipinski definition) is 1. The van der Waals surface area contributed by atoms with Gasteiger partial charge in [-0.2, -0.15) is 0 Å². The standard InChI is InChI=1S/C18H20FNO/c1-21-17-9-8-15(11-16(17)19)18(20)14-7-3-6-13(10-14)12-4-2-5-12/h3,6-12,18H,2,4-5,20H2,1H3. The molecule has 2 nitrogen and oxygen atoms in total. The molecule has 3 rings (SSSR count). The minimum Gasteiger partial charge on any atom is -0.494 e. The van der Waals surface area contributed by atoms with Crippen LogP contribution >= 0.6 is 0 Å². The van der Waals surface area contributed by atoms with Crippen molar-refractivity contribution in [3.8, 4) is 5.75 Å². The Morgan fingerprint density at radius 3 is 2.52 bits per heavy atom. The van der Waals surface area contributed by atoms with Gasteiger partial charge in [-0.1, -0.05) is 36.8 Å². The van der Waals surface area contributed by atoms with Crippen LogP contribution < -0.4 is 10.5 Å². The molecule has 1 unspecified atom stereocenters. The van der Waals surface area contributed by atoms with E-state index in [1.165, 1.54) is 38.0 Å². The summed E-state index contributed by atoms with van der Waals surface area (Å²) in [6.07, 6.45) is 3.83. The fourth-order valence-electron chi connectivity index (χ4n) is 2.82. The Morgan fingerprint density at radius 2 is 1.90 bits per heavy atom. The first-order valence-corrected chi connectivity index (χ1v) is 7.38. The summed E-state index contributed by atoms with van der Waals surface area (Å²) in [4.78, 5) is 0. The minimum atomic E-state index is -0.374. The number of halogens is 1. The Balaban J connectivity index is 1.87. The van der Waals surface area contributed by atoms with Crippen LogP contribution in [-0.4, -0.2) is 7.11 Å². The lowest BCUT2D eigenvalue weighted by Crippen LogP contribution is -2.14. The van der Waals surface area contributed by atoms with E-state index in [1.54, 1.807) is 6.07 Å². The molecule has 0 aliphatic heterocycles. The fourth-order valence-corrected chi connectivity index (χ4v) is 2.82. The van der Waals surface area contributed by atoms with E-state index in [0.717, 1.165) is 11.1 Å². The molecule has 0 aromatic heterocycles. The molecule has 1 atom stereocenters. The summed E-state index contributed by atoms with van der Waals surface area (Å²) in [6, 6.07) is 13.0. The topological polar surface area (TPSA) is 35.2 Å². The van der Waals surface area contributed by atoms with Crippen molar-refractivity contribution in [3.63, 3.8) is 0 Å². The van der Waals surface area contributed by atoms with Gasteiger partial charge >= 0.3 is 0 Å². The highest BCUT2D eigenvalue weighted by Crippen LogP contribution is 2.37. The Labute approximate surface area is 124 Å². The third kappa shape index (κ3) is 2.79. The average molecular weight is 285 g/mol. The Morgan fingerprint density at radius 1 is 1.14 bits per heavy atom. The monoisotopic (exact) mass is 285 g/mol. The molecule has 1 aliphatic rings. The highest BCUT2D eigenvalue weighted by Gasteiger charge is 2.20. The van der Waals surface area contributed by atoms with Crippen LogP contribution in [0.5, 0.6) is 5.75 Å². The van der Waals surface area contributed by atoms with E-state index in [1.807, 2.05) is 18.2 Å². The van der Waals surface area contributed by atoms with Gasteiger partial charge in [0.05, 0.1) is 13.2 Å². The van der Waals surface area contributed by atoms with Gasteiger partial charge in [-0.25, -0.2) is 4.39 Å². The predicted molar refractivity (Wildman–Crippen MR) is 82.0 cm³/mol. The molecule has 0 bridgehead atoms. The van der Waals surface area contributed by atoms with Crippen molar-refractivity contribution in [2.24, 2.45) is 5.73 Å². The Bertz CT molecular complexity index is 637. The summed E-state index contributed by atoms with van der Waals surface area (Å²) < 4.78 is 18.8. The largest absolute Gasteiger partial charge is 0.494 e. The van der Waals surface area contributed by atoms with Crippen molar-refractivity contribution >= 4 is 0 Å². The van der Waals surface area contributed by atoms with Gasteiger partial charge < -0.3 is 10.5 Å². The normalized spacial score (nSPS) is 16.3. The predicted octanol–water partition coefficient (Wildman–Crippen LogP) is 4.15. The number of rotatable bonds is 4. The molecule has 110 valence electrons. The summed E-state index contributed by atoms with van der Waals surface area (Å²) in [6.45, 7) is 0. The van der Waals surface area contributed by atoms with Crippen molar-refractivity contribution < 1.29 is 9.13 Å². The zero-order valence-electron chi connectivity index (χ0n) is 12.2. The van der Waals surface area contributed by atoms with Crippen LogP contribution in [0.25, 0.3) is 0 Å². The van der Waals surface area contributed by atoms with E-state index in [4.69, 9.17) is 10.5 Å². The molecule has 0 heterocycles. The van der Waals surface area contributed by atoms with Crippen LogP contribution in [0.1, 0.15) is 47.9 Å². The zero-order chi connectivity index (χ0) is 14.8. The quantitative estimate of drug-likeness (QED) is 0.916. The van der Waals surface area contributed by atoms with Gasteiger partial charge in [0.25, 0.3) is 0 Å². The van der Waals surface area contributed by atoms with Crippen LogP contribution in [0.2, 0.25) is 0 Å². The molecule has 2 N–H and O–H groups in total. The van der Waals surface area contributed by atoms with Gasteiger partial charge in [0, 0.05) is 0 Å². The Kier molecular flexibility index (Phi) is 3.93. The molecule has 0 amide bonds.